The molecule has 7 heteroatoms. The zero-order valence-corrected chi connectivity index (χ0v) is 14.4. The van der Waals surface area contributed by atoms with Gasteiger partial charge in [-0.25, -0.2) is 0 Å². The molecular weight excluding hydrogens is 310 g/mol. The van der Waals surface area contributed by atoms with E-state index in [0.717, 1.165) is 76.5 Å². The molecule has 7 nitrogen and oxygen atoms in total. The lowest BCUT2D eigenvalue weighted by atomic mass is 9.93. The highest BCUT2D eigenvalue weighted by Crippen LogP contribution is 2.26. The van der Waals surface area contributed by atoms with Crippen LogP contribution in [-0.4, -0.2) is 61.0 Å². The van der Waals surface area contributed by atoms with Gasteiger partial charge >= 0.3 is 0 Å². The van der Waals surface area contributed by atoms with E-state index in [2.05, 4.69) is 10.1 Å². The number of carbonyl (C=O) groups is 1. The Bertz CT molecular complexity index is 528. The molecule has 0 bridgehead atoms. The van der Waals surface area contributed by atoms with Crippen LogP contribution in [0.5, 0.6) is 0 Å². The lowest BCUT2D eigenvalue weighted by molar-refractivity contribution is -0.137. The highest BCUT2D eigenvalue weighted by atomic mass is 16.5. The molecule has 0 aromatic carbocycles. The van der Waals surface area contributed by atoms with Crippen molar-refractivity contribution < 1.29 is 18.8 Å². The first-order valence-corrected chi connectivity index (χ1v) is 8.93. The van der Waals surface area contributed by atoms with Crippen molar-refractivity contribution in [2.75, 3.05) is 40.0 Å². The second-order valence-corrected chi connectivity index (χ2v) is 6.76. The van der Waals surface area contributed by atoms with E-state index >= 15 is 0 Å². The molecule has 0 aliphatic carbocycles. The van der Waals surface area contributed by atoms with Crippen LogP contribution in [0.2, 0.25) is 0 Å². The van der Waals surface area contributed by atoms with Gasteiger partial charge in [0.1, 0.15) is 6.61 Å². The lowest BCUT2D eigenvalue weighted by Crippen LogP contribution is -2.41. The fourth-order valence-electron chi connectivity index (χ4n) is 3.55. The first-order chi connectivity index (χ1) is 11.8. The van der Waals surface area contributed by atoms with Gasteiger partial charge in [0.05, 0.1) is 0 Å². The Balaban J connectivity index is 1.47. The van der Waals surface area contributed by atoms with Gasteiger partial charge in [0.15, 0.2) is 5.82 Å². The molecule has 0 saturated carbocycles. The number of rotatable bonds is 6. The Morgan fingerprint density at radius 1 is 1.33 bits per heavy atom. The van der Waals surface area contributed by atoms with Gasteiger partial charge in [-0.15, -0.1) is 0 Å². The van der Waals surface area contributed by atoms with Crippen LogP contribution < -0.4 is 0 Å². The molecule has 0 radical (unpaired) electrons. The topological polar surface area (TPSA) is 77.7 Å². The van der Waals surface area contributed by atoms with Crippen LogP contribution in [-0.2, 0) is 20.7 Å². The Hall–Kier alpha value is -1.47. The number of piperidine rings is 1. The van der Waals surface area contributed by atoms with Gasteiger partial charge in [-0.05, 0) is 38.0 Å². The van der Waals surface area contributed by atoms with E-state index in [0.29, 0.717) is 11.8 Å². The van der Waals surface area contributed by atoms with Gasteiger partial charge in [0, 0.05) is 45.8 Å². The van der Waals surface area contributed by atoms with Crippen LogP contribution in [0, 0.1) is 5.92 Å². The van der Waals surface area contributed by atoms with Crippen molar-refractivity contribution in [3.63, 3.8) is 0 Å². The summed E-state index contributed by atoms with van der Waals surface area (Å²) in [4.78, 5) is 18.4. The maximum atomic E-state index is 11.9. The van der Waals surface area contributed by atoms with Gasteiger partial charge in [0.2, 0.25) is 11.8 Å². The summed E-state index contributed by atoms with van der Waals surface area (Å²) >= 11 is 0. The summed E-state index contributed by atoms with van der Waals surface area (Å²) in [7, 11) is 1.56. The number of likely N-dealkylation sites (tertiary alicyclic amines) is 1. The summed E-state index contributed by atoms with van der Waals surface area (Å²) in [5.74, 6) is 2.48. The summed E-state index contributed by atoms with van der Waals surface area (Å²) in [5, 5.41) is 4.13. The molecular formula is C17H27N3O4. The highest BCUT2D eigenvalue weighted by molar-refractivity contribution is 5.77. The number of aromatic nitrogens is 2. The Labute approximate surface area is 142 Å². The zero-order chi connectivity index (χ0) is 16.8. The zero-order valence-electron chi connectivity index (χ0n) is 14.4. The molecule has 2 aliphatic rings. The van der Waals surface area contributed by atoms with Crippen molar-refractivity contribution in [2.24, 2.45) is 5.92 Å². The summed E-state index contributed by atoms with van der Waals surface area (Å²) in [5.41, 5.74) is 0. The second-order valence-electron chi connectivity index (χ2n) is 6.76. The fourth-order valence-corrected chi connectivity index (χ4v) is 3.55. The van der Waals surface area contributed by atoms with Crippen molar-refractivity contribution in [1.29, 1.82) is 0 Å². The third-order valence-corrected chi connectivity index (χ3v) is 4.97. The molecule has 1 aromatic rings. The van der Waals surface area contributed by atoms with Gasteiger partial charge in [-0.2, -0.15) is 4.98 Å². The molecule has 1 amide bonds. The van der Waals surface area contributed by atoms with Crippen molar-refractivity contribution in [1.82, 2.24) is 15.0 Å². The van der Waals surface area contributed by atoms with Crippen LogP contribution in [0.15, 0.2) is 4.52 Å². The van der Waals surface area contributed by atoms with E-state index in [1.54, 1.807) is 7.11 Å². The van der Waals surface area contributed by atoms with Crippen LogP contribution in [0.25, 0.3) is 0 Å². The first kappa shape index (κ1) is 17.4. The standard InChI is InChI=1S/C17H27N3O4/c1-22-12-16(21)20-8-2-3-13(11-20)4-5-15-18-17(24-19-15)14-6-9-23-10-7-14/h13-14H,2-12H2,1H3. The summed E-state index contributed by atoms with van der Waals surface area (Å²) < 4.78 is 15.8. The normalized spacial score (nSPS) is 22.7. The number of hydrogen-bond donors (Lipinski definition) is 0. The number of hydrogen-bond acceptors (Lipinski definition) is 6. The lowest BCUT2D eigenvalue weighted by Gasteiger charge is -2.32. The number of ether oxygens (including phenoxy) is 2. The molecule has 2 aliphatic heterocycles. The van der Waals surface area contributed by atoms with E-state index in [1.807, 2.05) is 4.90 Å². The van der Waals surface area contributed by atoms with Crippen LogP contribution in [0.1, 0.15) is 49.7 Å². The van der Waals surface area contributed by atoms with Gasteiger partial charge < -0.3 is 18.9 Å². The largest absolute Gasteiger partial charge is 0.381 e. The SMILES string of the molecule is COCC(=O)N1CCCC(CCc2noc(C3CCOCC3)n2)C1. The second kappa shape index (κ2) is 8.58. The molecule has 1 aromatic heterocycles. The van der Waals surface area contributed by atoms with E-state index in [1.165, 1.54) is 0 Å². The van der Waals surface area contributed by atoms with E-state index in [-0.39, 0.29) is 12.5 Å². The molecule has 2 fully saturated rings. The van der Waals surface area contributed by atoms with E-state index in [9.17, 15) is 4.79 Å². The molecule has 1 unspecified atom stereocenters. The average Bonchev–Trinajstić information content (AvgIpc) is 3.10. The van der Waals surface area contributed by atoms with Crippen molar-refractivity contribution in [3.8, 4) is 0 Å². The Morgan fingerprint density at radius 3 is 2.96 bits per heavy atom. The van der Waals surface area contributed by atoms with Gasteiger partial charge in [-0.1, -0.05) is 5.16 Å². The predicted molar refractivity (Wildman–Crippen MR) is 86.6 cm³/mol. The summed E-state index contributed by atoms with van der Waals surface area (Å²) in [6.45, 7) is 3.37. The molecule has 0 spiro atoms. The van der Waals surface area contributed by atoms with Gasteiger partial charge in [0.25, 0.3) is 0 Å². The molecule has 2 saturated heterocycles. The number of methoxy groups -OCH3 is 1. The minimum Gasteiger partial charge on any atom is -0.381 e. The number of amides is 1. The van der Waals surface area contributed by atoms with E-state index in [4.69, 9.17) is 14.0 Å². The van der Waals surface area contributed by atoms with Gasteiger partial charge in [-0.3, -0.25) is 4.79 Å². The van der Waals surface area contributed by atoms with Crippen LogP contribution >= 0.6 is 0 Å². The predicted octanol–water partition coefficient (Wildman–Crippen LogP) is 1.78. The highest BCUT2D eigenvalue weighted by Gasteiger charge is 2.25. The minimum atomic E-state index is 0.0866. The fraction of sp³-hybridized carbons (Fsp3) is 0.824. The third-order valence-electron chi connectivity index (χ3n) is 4.97. The Kier molecular flexibility index (Phi) is 6.20. The van der Waals surface area contributed by atoms with E-state index < -0.39 is 0 Å². The van der Waals surface area contributed by atoms with Crippen molar-refractivity contribution >= 4 is 5.91 Å². The summed E-state index contributed by atoms with van der Waals surface area (Å²) in [6, 6.07) is 0. The molecule has 1 atom stereocenters. The molecule has 134 valence electrons. The smallest absolute Gasteiger partial charge is 0.248 e. The van der Waals surface area contributed by atoms with Crippen LogP contribution in [0.4, 0.5) is 0 Å². The number of carbonyl (C=O) groups excluding carboxylic acids is 1. The minimum absolute atomic E-state index is 0.0866. The third kappa shape index (κ3) is 4.54. The van der Waals surface area contributed by atoms with Crippen LogP contribution in [0.3, 0.4) is 0 Å². The maximum Gasteiger partial charge on any atom is 0.248 e. The number of aryl methyl sites for hydroxylation is 1. The number of nitrogens with zero attached hydrogens (tertiary/aromatic N) is 3. The quantitative estimate of drug-likeness (QED) is 0.787. The maximum absolute atomic E-state index is 11.9. The average molecular weight is 337 g/mol. The molecule has 3 rings (SSSR count). The Morgan fingerprint density at radius 2 is 2.17 bits per heavy atom. The van der Waals surface area contributed by atoms with Crippen molar-refractivity contribution in [3.05, 3.63) is 11.7 Å². The van der Waals surface area contributed by atoms with Crippen molar-refractivity contribution in [2.45, 2.75) is 44.4 Å². The first-order valence-electron chi connectivity index (χ1n) is 8.93. The molecule has 3 heterocycles. The monoisotopic (exact) mass is 337 g/mol. The molecule has 24 heavy (non-hydrogen) atoms. The molecule has 0 N–H and O–H groups in total. The summed E-state index contributed by atoms with van der Waals surface area (Å²) in [6.07, 6.45) is 5.93.